The van der Waals surface area contributed by atoms with E-state index in [0.717, 1.165) is 38.8 Å². The molecule has 5 aromatic rings. The van der Waals surface area contributed by atoms with E-state index >= 15 is 0 Å². The first-order valence-corrected chi connectivity index (χ1v) is 10.0. The van der Waals surface area contributed by atoms with E-state index in [1.165, 1.54) is 7.11 Å². The van der Waals surface area contributed by atoms with E-state index in [9.17, 15) is 4.79 Å². The number of furan rings is 2. The quantitative estimate of drug-likeness (QED) is 0.322. The first-order valence-electron chi connectivity index (χ1n) is 10.0. The van der Waals surface area contributed by atoms with Crippen LogP contribution in [-0.4, -0.2) is 17.6 Å². The van der Waals surface area contributed by atoms with Gasteiger partial charge in [0.2, 0.25) is 0 Å². The number of carbonyl (C=O) groups is 1. The predicted molar refractivity (Wildman–Crippen MR) is 121 cm³/mol. The number of esters is 1. The van der Waals surface area contributed by atoms with Crippen LogP contribution in [0, 0.1) is 0 Å². The molecule has 0 aliphatic heterocycles. The van der Waals surface area contributed by atoms with Gasteiger partial charge in [0.25, 0.3) is 0 Å². The predicted octanol–water partition coefficient (Wildman–Crippen LogP) is 6.23. The highest BCUT2D eigenvalue weighted by atomic mass is 16.5. The van der Waals surface area contributed by atoms with Crippen molar-refractivity contribution in [1.82, 2.24) is 4.57 Å². The number of aryl methyl sites for hydroxylation is 1. The summed E-state index contributed by atoms with van der Waals surface area (Å²) in [4.78, 5) is 12.5. The van der Waals surface area contributed by atoms with Gasteiger partial charge in [-0.25, -0.2) is 4.79 Å². The summed E-state index contributed by atoms with van der Waals surface area (Å²) in [7, 11) is 3.23. The summed E-state index contributed by atoms with van der Waals surface area (Å²) < 4.78 is 18.8. The molecule has 0 fully saturated rings. The average molecular weight is 411 g/mol. The second-order valence-corrected chi connectivity index (χ2v) is 7.42. The number of hydrogen-bond donors (Lipinski definition) is 0. The molecule has 154 valence electrons. The zero-order chi connectivity index (χ0) is 21.4. The SMILES string of the molecule is COC(=O)c1c(-c2cc3ccccc3o2)c(C/C=C/c2cc3ccccc3o2)cn1C. The number of carbonyl (C=O) groups excluding carboxylic acids is 1. The summed E-state index contributed by atoms with van der Waals surface area (Å²) in [5.41, 5.74) is 3.82. The molecule has 2 aromatic carbocycles. The van der Waals surface area contributed by atoms with E-state index in [0.29, 0.717) is 17.9 Å². The third-order valence-electron chi connectivity index (χ3n) is 5.38. The molecule has 0 amide bonds. The van der Waals surface area contributed by atoms with Crippen LogP contribution in [0.2, 0.25) is 0 Å². The Hall–Kier alpha value is -3.99. The van der Waals surface area contributed by atoms with Crippen LogP contribution in [0.4, 0.5) is 0 Å². The van der Waals surface area contributed by atoms with Crippen molar-refractivity contribution in [2.24, 2.45) is 7.05 Å². The molecule has 0 aliphatic carbocycles. The van der Waals surface area contributed by atoms with Crippen molar-refractivity contribution >= 4 is 34.0 Å². The van der Waals surface area contributed by atoms with Crippen LogP contribution in [-0.2, 0) is 18.2 Å². The van der Waals surface area contributed by atoms with Crippen molar-refractivity contribution in [3.05, 3.63) is 90.0 Å². The summed E-state index contributed by atoms with van der Waals surface area (Å²) in [5.74, 6) is 1.04. The number of rotatable bonds is 5. The molecule has 0 radical (unpaired) electrons. The van der Waals surface area contributed by atoms with Crippen molar-refractivity contribution in [2.45, 2.75) is 6.42 Å². The first-order chi connectivity index (χ1) is 15.1. The Morgan fingerprint density at radius 1 is 1.00 bits per heavy atom. The highest BCUT2D eigenvalue weighted by molar-refractivity contribution is 5.97. The lowest BCUT2D eigenvalue weighted by Gasteiger charge is -2.04. The molecule has 0 unspecified atom stereocenters. The molecule has 0 aliphatic rings. The fraction of sp³-hybridized carbons (Fsp3) is 0.115. The smallest absolute Gasteiger partial charge is 0.355 e. The van der Waals surface area contributed by atoms with Gasteiger partial charge in [0.15, 0.2) is 0 Å². The Morgan fingerprint density at radius 3 is 2.35 bits per heavy atom. The maximum absolute atomic E-state index is 12.5. The van der Waals surface area contributed by atoms with E-state index < -0.39 is 5.97 Å². The normalized spacial score (nSPS) is 11.7. The molecular formula is C26H21NO4. The third kappa shape index (κ3) is 3.44. The molecule has 3 aromatic heterocycles. The Bertz CT molecular complexity index is 1360. The molecule has 0 saturated carbocycles. The van der Waals surface area contributed by atoms with Gasteiger partial charge in [-0.3, -0.25) is 0 Å². The molecule has 0 saturated heterocycles. The fourth-order valence-electron chi connectivity index (χ4n) is 3.96. The highest BCUT2D eigenvalue weighted by Crippen LogP contribution is 2.34. The van der Waals surface area contributed by atoms with E-state index in [2.05, 4.69) is 0 Å². The average Bonchev–Trinajstić information content (AvgIpc) is 3.47. The van der Waals surface area contributed by atoms with Crippen molar-refractivity contribution in [2.75, 3.05) is 7.11 Å². The zero-order valence-corrected chi connectivity index (χ0v) is 17.3. The van der Waals surface area contributed by atoms with Gasteiger partial charge in [-0.15, -0.1) is 0 Å². The molecule has 5 rings (SSSR count). The van der Waals surface area contributed by atoms with Gasteiger partial charge in [-0.1, -0.05) is 42.5 Å². The Morgan fingerprint density at radius 2 is 1.68 bits per heavy atom. The standard InChI is InChI=1S/C26H21NO4/c1-27-16-19(10-7-11-20-14-17-8-3-5-12-21(17)30-20)24(25(27)26(28)29-2)23-15-18-9-4-6-13-22(18)31-23/h3-9,11-16H,10H2,1-2H3/b11-7+. The van der Waals surface area contributed by atoms with E-state index in [-0.39, 0.29) is 0 Å². The molecule has 5 nitrogen and oxygen atoms in total. The number of aromatic nitrogens is 1. The van der Waals surface area contributed by atoms with E-state index in [1.54, 1.807) is 4.57 Å². The van der Waals surface area contributed by atoms with Gasteiger partial charge in [0, 0.05) is 24.0 Å². The third-order valence-corrected chi connectivity index (χ3v) is 5.38. The number of methoxy groups -OCH3 is 1. The molecule has 0 atom stereocenters. The molecule has 0 N–H and O–H groups in total. The van der Waals surface area contributed by atoms with Crippen molar-refractivity contribution in [3.63, 3.8) is 0 Å². The zero-order valence-electron chi connectivity index (χ0n) is 17.3. The van der Waals surface area contributed by atoms with Crippen LogP contribution in [0.15, 0.2) is 81.8 Å². The molecule has 5 heteroatoms. The molecule has 31 heavy (non-hydrogen) atoms. The van der Waals surface area contributed by atoms with Crippen LogP contribution in [0.5, 0.6) is 0 Å². The van der Waals surface area contributed by atoms with Crippen LogP contribution >= 0.6 is 0 Å². The van der Waals surface area contributed by atoms with Gasteiger partial charge < -0.3 is 18.1 Å². The molecular weight excluding hydrogens is 390 g/mol. The van der Waals surface area contributed by atoms with E-state index in [4.69, 9.17) is 13.6 Å². The number of nitrogens with zero attached hydrogens (tertiary/aromatic N) is 1. The number of hydrogen-bond acceptors (Lipinski definition) is 4. The van der Waals surface area contributed by atoms with Crippen molar-refractivity contribution < 1.29 is 18.4 Å². The lowest BCUT2D eigenvalue weighted by Crippen LogP contribution is -2.08. The number of ether oxygens (including phenoxy) is 1. The Labute approximate surface area is 179 Å². The van der Waals surface area contributed by atoms with Gasteiger partial charge in [0.05, 0.1) is 12.7 Å². The summed E-state index contributed by atoms with van der Waals surface area (Å²) in [6.45, 7) is 0. The number of allylic oxidation sites excluding steroid dienone is 1. The summed E-state index contributed by atoms with van der Waals surface area (Å²) in [5, 5.41) is 2.05. The highest BCUT2D eigenvalue weighted by Gasteiger charge is 2.24. The second kappa shape index (κ2) is 7.69. The maximum atomic E-state index is 12.5. The minimum absolute atomic E-state index is 0.398. The van der Waals surface area contributed by atoms with Gasteiger partial charge in [-0.05, 0) is 42.3 Å². The van der Waals surface area contributed by atoms with Gasteiger partial charge in [0.1, 0.15) is 28.4 Å². The Balaban J connectivity index is 1.54. The Kier molecular flexibility index (Phi) is 4.71. The molecule has 3 heterocycles. The minimum atomic E-state index is -0.398. The van der Waals surface area contributed by atoms with Crippen LogP contribution in [0.1, 0.15) is 21.8 Å². The van der Waals surface area contributed by atoms with E-state index in [1.807, 2.05) is 86.1 Å². The lowest BCUT2D eigenvalue weighted by atomic mass is 10.0. The first kappa shape index (κ1) is 19.0. The molecule has 0 spiro atoms. The maximum Gasteiger partial charge on any atom is 0.355 e. The number of fused-ring (bicyclic) bond motifs is 2. The topological polar surface area (TPSA) is 57.5 Å². The fourth-order valence-corrected chi connectivity index (χ4v) is 3.96. The van der Waals surface area contributed by atoms with Crippen molar-refractivity contribution in [1.29, 1.82) is 0 Å². The minimum Gasteiger partial charge on any atom is -0.464 e. The number of para-hydroxylation sites is 2. The summed E-state index contributed by atoms with van der Waals surface area (Å²) in [6.07, 6.45) is 6.53. The monoisotopic (exact) mass is 411 g/mol. The molecule has 0 bridgehead atoms. The lowest BCUT2D eigenvalue weighted by molar-refractivity contribution is 0.0590. The van der Waals surface area contributed by atoms with Crippen molar-refractivity contribution in [3.8, 4) is 11.3 Å². The summed E-state index contributed by atoms with van der Waals surface area (Å²) >= 11 is 0. The van der Waals surface area contributed by atoms with Gasteiger partial charge in [-0.2, -0.15) is 0 Å². The second-order valence-electron chi connectivity index (χ2n) is 7.42. The van der Waals surface area contributed by atoms with Gasteiger partial charge >= 0.3 is 5.97 Å². The number of benzene rings is 2. The van der Waals surface area contributed by atoms with Crippen LogP contribution in [0.25, 0.3) is 39.3 Å². The summed E-state index contributed by atoms with van der Waals surface area (Å²) in [6, 6.07) is 19.7. The van der Waals surface area contributed by atoms with Crippen LogP contribution < -0.4 is 0 Å². The largest absolute Gasteiger partial charge is 0.464 e. The van der Waals surface area contributed by atoms with Crippen LogP contribution in [0.3, 0.4) is 0 Å².